The van der Waals surface area contributed by atoms with Crippen LogP contribution in [0.2, 0.25) is 0 Å². The lowest BCUT2D eigenvalue weighted by Gasteiger charge is -2.23. The Labute approximate surface area is 210 Å². The number of carboxylic acid groups (broad SMARTS) is 1. The number of carboxylic acids is 1. The van der Waals surface area contributed by atoms with Gasteiger partial charge in [-0.25, -0.2) is 4.98 Å². The van der Waals surface area contributed by atoms with Crippen LogP contribution in [0.5, 0.6) is 0 Å². The Bertz CT molecular complexity index is 1270. The second-order valence-corrected chi connectivity index (χ2v) is 8.36. The molecule has 0 spiro atoms. The van der Waals surface area contributed by atoms with E-state index < -0.39 is 60.7 Å². The highest BCUT2D eigenvalue weighted by molar-refractivity contribution is 5.96. The van der Waals surface area contributed by atoms with Crippen LogP contribution in [-0.4, -0.2) is 74.3 Å². The van der Waals surface area contributed by atoms with Crippen LogP contribution in [0, 0.1) is 0 Å². The highest BCUT2D eigenvalue weighted by Gasteiger charge is 2.30. The number of imidazole rings is 1. The molecule has 3 unspecified atom stereocenters. The summed E-state index contributed by atoms with van der Waals surface area (Å²) in [7, 11) is 0. The molecule has 196 valence electrons. The molecule has 0 bridgehead atoms. The molecule has 4 amide bonds. The molecule has 0 aliphatic carbocycles. The van der Waals surface area contributed by atoms with E-state index in [1.165, 1.54) is 12.5 Å². The molecule has 0 saturated heterocycles. The van der Waals surface area contributed by atoms with E-state index >= 15 is 0 Å². The Morgan fingerprint density at radius 1 is 0.973 bits per heavy atom. The zero-order valence-corrected chi connectivity index (χ0v) is 19.7. The first-order chi connectivity index (χ1) is 17.6. The number of aromatic amines is 2. The van der Waals surface area contributed by atoms with Gasteiger partial charge in [-0.2, -0.15) is 0 Å². The predicted octanol–water partition coefficient (Wildman–Crippen LogP) is -1.95. The van der Waals surface area contributed by atoms with E-state index in [0.717, 1.165) is 10.9 Å². The number of nitrogens with one attached hydrogen (secondary N) is 5. The smallest absolute Gasteiger partial charge is 0.322 e. The third kappa shape index (κ3) is 7.63. The van der Waals surface area contributed by atoms with E-state index in [2.05, 4.69) is 30.9 Å². The molecule has 0 fully saturated rings. The van der Waals surface area contributed by atoms with Crippen molar-refractivity contribution in [3.05, 3.63) is 54.2 Å². The van der Waals surface area contributed by atoms with E-state index in [4.69, 9.17) is 16.6 Å². The standard InChI is InChI=1S/C23H28N8O6/c24-15(6-13-9-26-11-29-13)21(35)30-18(7-19(25)32)23(37)31-17(22(36)28-10-20(33)34)5-12-8-27-16-4-2-1-3-14(12)16/h1-4,8-9,11,15,17-18,27H,5-7,10,24H2,(H2,25,32)(H,26,29)(H,28,36)(H,30,35)(H,31,37)(H,33,34). The van der Waals surface area contributed by atoms with E-state index in [-0.39, 0.29) is 12.8 Å². The summed E-state index contributed by atoms with van der Waals surface area (Å²) in [6.07, 6.45) is 4.13. The predicted molar refractivity (Wildman–Crippen MR) is 131 cm³/mol. The summed E-state index contributed by atoms with van der Waals surface area (Å²) < 4.78 is 0. The molecule has 0 aliphatic rings. The van der Waals surface area contributed by atoms with E-state index in [9.17, 15) is 24.0 Å². The molecule has 0 aliphatic heterocycles. The highest BCUT2D eigenvalue weighted by atomic mass is 16.4. The van der Waals surface area contributed by atoms with Gasteiger partial charge in [0.1, 0.15) is 18.6 Å². The number of nitrogens with zero attached hydrogens (tertiary/aromatic N) is 1. The molecule has 3 aromatic rings. The van der Waals surface area contributed by atoms with E-state index in [1.807, 2.05) is 24.3 Å². The number of para-hydroxylation sites is 1. The number of hydrogen-bond donors (Lipinski definition) is 8. The summed E-state index contributed by atoms with van der Waals surface area (Å²) >= 11 is 0. The molecular formula is C23H28N8O6. The molecule has 2 heterocycles. The Morgan fingerprint density at radius 2 is 1.70 bits per heavy atom. The normalized spacial score (nSPS) is 13.3. The van der Waals surface area contributed by atoms with Crippen LogP contribution in [0.15, 0.2) is 43.0 Å². The van der Waals surface area contributed by atoms with Crippen molar-refractivity contribution in [3.63, 3.8) is 0 Å². The summed E-state index contributed by atoms with van der Waals surface area (Å²) in [5.41, 5.74) is 13.3. The minimum atomic E-state index is -1.42. The number of carbonyl (C=O) groups is 5. The number of aliphatic carboxylic acids is 1. The zero-order valence-electron chi connectivity index (χ0n) is 19.7. The molecule has 2 aromatic heterocycles. The first-order valence-corrected chi connectivity index (χ1v) is 11.3. The van der Waals surface area contributed by atoms with Gasteiger partial charge in [-0.15, -0.1) is 0 Å². The zero-order chi connectivity index (χ0) is 26.9. The number of hydrogen-bond acceptors (Lipinski definition) is 7. The number of rotatable bonds is 13. The summed E-state index contributed by atoms with van der Waals surface area (Å²) in [4.78, 5) is 70.8. The van der Waals surface area contributed by atoms with Crippen LogP contribution in [0.4, 0.5) is 0 Å². The molecule has 10 N–H and O–H groups in total. The van der Waals surface area contributed by atoms with Gasteiger partial charge in [-0.1, -0.05) is 18.2 Å². The SMILES string of the molecule is NC(=O)CC(NC(=O)C(N)Cc1cnc[nH]1)C(=O)NC(Cc1c[nH]c2ccccc12)C(=O)NCC(=O)O. The molecular weight excluding hydrogens is 484 g/mol. The van der Waals surface area contributed by atoms with Gasteiger partial charge in [0.25, 0.3) is 0 Å². The highest BCUT2D eigenvalue weighted by Crippen LogP contribution is 2.19. The van der Waals surface area contributed by atoms with Crippen molar-refractivity contribution in [1.82, 2.24) is 30.9 Å². The van der Waals surface area contributed by atoms with E-state index in [0.29, 0.717) is 11.3 Å². The third-order valence-electron chi connectivity index (χ3n) is 5.52. The van der Waals surface area contributed by atoms with Crippen LogP contribution in [0.1, 0.15) is 17.7 Å². The van der Waals surface area contributed by atoms with Gasteiger partial charge in [-0.3, -0.25) is 24.0 Å². The Morgan fingerprint density at radius 3 is 2.38 bits per heavy atom. The first-order valence-electron chi connectivity index (χ1n) is 11.3. The van der Waals surface area contributed by atoms with Crippen LogP contribution < -0.4 is 27.4 Å². The minimum absolute atomic E-state index is 0.00220. The maximum absolute atomic E-state index is 13.1. The number of fused-ring (bicyclic) bond motifs is 1. The Hall–Kier alpha value is -4.72. The fraction of sp³-hybridized carbons (Fsp3) is 0.304. The van der Waals surface area contributed by atoms with Gasteiger partial charge in [0.15, 0.2) is 0 Å². The average Bonchev–Trinajstić information content (AvgIpc) is 3.51. The molecule has 1 aromatic carbocycles. The van der Waals surface area contributed by atoms with Gasteiger partial charge in [0.05, 0.1) is 18.8 Å². The number of H-pyrrole nitrogens is 2. The lowest BCUT2D eigenvalue weighted by atomic mass is 10.0. The number of amides is 4. The Kier molecular flexibility index (Phi) is 8.94. The van der Waals surface area contributed by atoms with Crippen LogP contribution in [-0.2, 0) is 36.8 Å². The van der Waals surface area contributed by atoms with Gasteiger partial charge in [0, 0.05) is 41.8 Å². The maximum Gasteiger partial charge on any atom is 0.322 e. The van der Waals surface area contributed by atoms with Gasteiger partial charge in [-0.05, 0) is 11.6 Å². The molecule has 3 rings (SSSR count). The average molecular weight is 513 g/mol. The van der Waals surface area contributed by atoms with Crippen molar-refractivity contribution in [3.8, 4) is 0 Å². The van der Waals surface area contributed by atoms with Crippen LogP contribution >= 0.6 is 0 Å². The fourth-order valence-corrected chi connectivity index (χ4v) is 3.70. The first kappa shape index (κ1) is 26.9. The molecule has 14 heteroatoms. The van der Waals surface area contributed by atoms with Crippen molar-refractivity contribution in [1.29, 1.82) is 0 Å². The molecule has 3 atom stereocenters. The molecule has 37 heavy (non-hydrogen) atoms. The van der Waals surface area contributed by atoms with Gasteiger partial charge in [0.2, 0.25) is 23.6 Å². The second-order valence-electron chi connectivity index (χ2n) is 8.36. The van der Waals surface area contributed by atoms with Crippen molar-refractivity contribution >= 4 is 40.5 Å². The van der Waals surface area contributed by atoms with E-state index in [1.54, 1.807) is 6.20 Å². The summed E-state index contributed by atoms with van der Waals surface area (Å²) in [6, 6.07) is 3.59. The number of nitrogens with two attached hydrogens (primary N) is 2. The number of primary amides is 1. The van der Waals surface area contributed by atoms with Gasteiger partial charge >= 0.3 is 5.97 Å². The lowest BCUT2D eigenvalue weighted by molar-refractivity contribution is -0.138. The van der Waals surface area contributed by atoms with Crippen molar-refractivity contribution < 1.29 is 29.1 Å². The lowest BCUT2D eigenvalue weighted by Crippen LogP contribution is -2.57. The number of aromatic nitrogens is 3. The topological polar surface area (TPSA) is 238 Å². The number of benzene rings is 1. The molecule has 0 radical (unpaired) electrons. The monoisotopic (exact) mass is 512 g/mol. The fourth-order valence-electron chi connectivity index (χ4n) is 3.70. The van der Waals surface area contributed by atoms with Crippen molar-refractivity contribution in [2.45, 2.75) is 37.4 Å². The van der Waals surface area contributed by atoms with Crippen LogP contribution in [0.25, 0.3) is 10.9 Å². The molecule has 14 nitrogen and oxygen atoms in total. The van der Waals surface area contributed by atoms with Gasteiger partial charge < -0.3 is 42.5 Å². The van der Waals surface area contributed by atoms with Crippen molar-refractivity contribution in [2.24, 2.45) is 11.5 Å². The maximum atomic E-state index is 13.1. The summed E-state index contributed by atoms with van der Waals surface area (Å²) in [5, 5.41) is 16.9. The summed E-state index contributed by atoms with van der Waals surface area (Å²) in [6.45, 7) is -0.664. The van der Waals surface area contributed by atoms with Crippen LogP contribution in [0.3, 0.4) is 0 Å². The van der Waals surface area contributed by atoms with Crippen molar-refractivity contribution in [2.75, 3.05) is 6.54 Å². The molecule has 0 saturated carbocycles. The Balaban J connectivity index is 1.76. The minimum Gasteiger partial charge on any atom is -0.480 e. The third-order valence-corrected chi connectivity index (χ3v) is 5.52. The largest absolute Gasteiger partial charge is 0.480 e. The second kappa shape index (κ2) is 12.3. The summed E-state index contributed by atoms with van der Waals surface area (Å²) in [5.74, 6) is -4.49. The number of carbonyl (C=O) groups excluding carboxylic acids is 4. The quantitative estimate of drug-likeness (QED) is 0.128.